The van der Waals surface area contributed by atoms with E-state index in [-0.39, 0.29) is 0 Å². The number of nitrogens with one attached hydrogen (secondary N) is 1. The van der Waals surface area contributed by atoms with Gasteiger partial charge in [0.05, 0.1) is 6.54 Å². The lowest BCUT2D eigenvalue weighted by molar-refractivity contribution is 0.164. The highest BCUT2D eigenvalue weighted by Crippen LogP contribution is 2.23. The second-order valence-electron chi connectivity index (χ2n) is 5.53. The first-order valence-electron chi connectivity index (χ1n) is 7.37. The summed E-state index contributed by atoms with van der Waals surface area (Å²) < 4.78 is 1.93. The summed E-state index contributed by atoms with van der Waals surface area (Å²) in [6, 6.07) is 1.37. The maximum Gasteiger partial charge on any atom is 0.165 e. The minimum absolute atomic E-state index is 0.663. The molecule has 1 aromatic rings. The molecular formula is C13H26N6. The van der Waals surface area contributed by atoms with Crippen molar-refractivity contribution in [1.29, 1.82) is 0 Å². The Balaban J connectivity index is 1.87. The molecule has 0 radical (unpaired) electrons. The molecular weight excluding hydrogens is 240 g/mol. The Labute approximate surface area is 115 Å². The molecule has 1 N–H and O–H groups in total. The van der Waals surface area contributed by atoms with Crippen molar-refractivity contribution in [1.82, 2.24) is 30.4 Å². The molecule has 6 heteroatoms. The van der Waals surface area contributed by atoms with Gasteiger partial charge in [-0.25, -0.2) is 4.68 Å². The van der Waals surface area contributed by atoms with E-state index in [1.807, 2.05) is 4.68 Å². The third-order valence-electron chi connectivity index (χ3n) is 4.16. The van der Waals surface area contributed by atoms with E-state index in [0.717, 1.165) is 25.3 Å². The van der Waals surface area contributed by atoms with Gasteiger partial charge >= 0.3 is 0 Å². The van der Waals surface area contributed by atoms with E-state index in [0.29, 0.717) is 12.1 Å². The first-order valence-corrected chi connectivity index (χ1v) is 7.37. The second kappa shape index (κ2) is 6.96. The van der Waals surface area contributed by atoms with Crippen molar-refractivity contribution in [2.75, 3.05) is 14.1 Å². The topological polar surface area (TPSA) is 58.9 Å². The van der Waals surface area contributed by atoms with Gasteiger partial charge in [-0.3, -0.25) is 4.90 Å². The van der Waals surface area contributed by atoms with Gasteiger partial charge in [0.1, 0.15) is 0 Å². The molecule has 0 amide bonds. The molecule has 19 heavy (non-hydrogen) atoms. The molecule has 1 aromatic heterocycles. The van der Waals surface area contributed by atoms with Gasteiger partial charge in [0.25, 0.3) is 0 Å². The number of nitrogens with zero attached hydrogens (tertiary/aromatic N) is 5. The molecule has 0 unspecified atom stereocenters. The number of aryl methyl sites for hydroxylation is 1. The van der Waals surface area contributed by atoms with E-state index >= 15 is 0 Å². The zero-order valence-electron chi connectivity index (χ0n) is 12.3. The molecule has 0 bridgehead atoms. The number of aromatic nitrogens is 4. The van der Waals surface area contributed by atoms with Crippen LogP contribution in [0.25, 0.3) is 0 Å². The quantitative estimate of drug-likeness (QED) is 0.834. The normalized spacial score (nSPS) is 24.0. The fourth-order valence-corrected chi connectivity index (χ4v) is 2.88. The summed E-state index contributed by atoms with van der Waals surface area (Å²) in [4.78, 5) is 2.41. The van der Waals surface area contributed by atoms with Crippen molar-refractivity contribution >= 4 is 0 Å². The van der Waals surface area contributed by atoms with E-state index in [9.17, 15) is 0 Å². The molecule has 0 atom stereocenters. The Kier molecular flexibility index (Phi) is 5.27. The highest BCUT2D eigenvalue weighted by molar-refractivity contribution is 4.86. The van der Waals surface area contributed by atoms with Crippen LogP contribution in [-0.4, -0.2) is 51.3 Å². The minimum atomic E-state index is 0.663. The predicted octanol–water partition coefficient (Wildman–Crippen LogP) is 1.05. The van der Waals surface area contributed by atoms with Gasteiger partial charge in [0, 0.05) is 18.6 Å². The van der Waals surface area contributed by atoms with E-state index in [2.05, 4.69) is 46.8 Å². The van der Waals surface area contributed by atoms with Crippen LogP contribution >= 0.6 is 0 Å². The SMILES string of the molecule is CCCn1nnnc1CN(C)C1CCC(NC)CC1. The summed E-state index contributed by atoms with van der Waals surface area (Å²) in [6.07, 6.45) is 6.13. The van der Waals surface area contributed by atoms with E-state index in [1.165, 1.54) is 25.7 Å². The van der Waals surface area contributed by atoms with Crippen LogP contribution in [0.4, 0.5) is 0 Å². The average Bonchev–Trinajstić information content (AvgIpc) is 2.86. The van der Waals surface area contributed by atoms with Gasteiger partial charge in [-0.05, 0) is 56.6 Å². The van der Waals surface area contributed by atoms with Crippen molar-refractivity contribution in [3.8, 4) is 0 Å². The zero-order valence-corrected chi connectivity index (χ0v) is 12.3. The molecule has 1 aliphatic carbocycles. The standard InChI is InChI=1S/C13H26N6/c1-4-9-19-13(15-16-17-19)10-18(3)12-7-5-11(14-2)6-8-12/h11-12,14H,4-10H2,1-3H3. The third-order valence-corrected chi connectivity index (χ3v) is 4.16. The number of hydrogen-bond donors (Lipinski definition) is 1. The summed E-state index contributed by atoms with van der Waals surface area (Å²) >= 11 is 0. The fourth-order valence-electron chi connectivity index (χ4n) is 2.88. The first kappa shape index (κ1) is 14.4. The van der Waals surface area contributed by atoms with Crippen molar-refractivity contribution in [2.24, 2.45) is 0 Å². The lowest BCUT2D eigenvalue weighted by Crippen LogP contribution is -2.39. The van der Waals surface area contributed by atoms with Crippen molar-refractivity contribution in [3.63, 3.8) is 0 Å². The zero-order chi connectivity index (χ0) is 13.7. The number of rotatable bonds is 6. The second-order valence-corrected chi connectivity index (χ2v) is 5.53. The Morgan fingerprint density at radius 3 is 2.68 bits per heavy atom. The predicted molar refractivity (Wildman–Crippen MR) is 74.7 cm³/mol. The van der Waals surface area contributed by atoms with Crippen molar-refractivity contribution in [3.05, 3.63) is 5.82 Å². The molecule has 1 heterocycles. The highest BCUT2D eigenvalue weighted by Gasteiger charge is 2.24. The third kappa shape index (κ3) is 3.73. The van der Waals surface area contributed by atoms with Gasteiger partial charge in [-0.2, -0.15) is 0 Å². The largest absolute Gasteiger partial charge is 0.317 e. The van der Waals surface area contributed by atoms with E-state index in [1.54, 1.807) is 0 Å². The molecule has 0 aromatic carbocycles. The first-order chi connectivity index (χ1) is 9.24. The monoisotopic (exact) mass is 266 g/mol. The van der Waals surface area contributed by atoms with E-state index in [4.69, 9.17) is 0 Å². The maximum absolute atomic E-state index is 4.15. The molecule has 0 spiro atoms. The van der Waals surface area contributed by atoms with Crippen LogP contribution in [0.5, 0.6) is 0 Å². The molecule has 2 rings (SSSR count). The molecule has 6 nitrogen and oxygen atoms in total. The van der Waals surface area contributed by atoms with Crippen LogP contribution in [-0.2, 0) is 13.1 Å². The van der Waals surface area contributed by atoms with Crippen LogP contribution in [0.1, 0.15) is 44.9 Å². The lowest BCUT2D eigenvalue weighted by atomic mass is 9.90. The Bertz CT molecular complexity index is 369. The van der Waals surface area contributed by atoms with Crippen molar-refractivity contribution in [2.45, 2.75) is 64.2 Å². The van der Waals surface area contributed by atoms with Crippen LogP contribution in [0.3, 0.4) is 0 Å². The number of tetrazole rings is 1. The smallest absolute Gasteiger partial charge is 0.165 e. The van der Waals surface area contributed by atoms with Crippen LogP contribution in [0, 0.1) is 0 Å². The summed E-state index contributed by atoms with van der Waals surface area (Å²) in [6.45, 7) is 3.90. The highest BCUT2D eigenvalue weighted by atomic mass is 15.5. The maximum atomic E-state index is 4.15. The van der Waals surface area contributed by atoms with Gasteiger partial charge in [0.2, 0.25) is 0 Å². The van der Waals surface area contributed by atoms with Crippen LogP contribution in [0.15, 0.2) is 0 Å². The Hall–Kier alpha value is -1.01. The minimum Gasteiger partial charge on any atom is -0.317 e. The molecule has 0 aliphatic heterocycles. The molecule has 1 saturated carbocycles. The average molecular weight is 266 g/mol. The van der Waals surface area contributed by atoms with Crippen molar-refractivity contribution < 1.29 is 0 Å². The molecule has 108 valence electrons. The molecule has 1 aliphatic rings. The molecule has 1 fully saturated rings. The van der Waals surface area contributed by atoms with Gasteiger partial charge in [0.15, 0.2) is 5.82 Å². The van der Waals surface area contributed by atoms with Gasteiger partial charge in [-0.15, -0.1) is 5.10 Å². The number of hydrogen-bond acceptors (Lipinski definition) is 5. The molecule has 0 saturated heterocycles. The summed E-state index contributed by atoms with van der Waals surface area (Å²) in [7, 11) is 4.25. The Morgan fingerprint density at radius 2 is 2.05 bits per heavy atom. The van der Waals surface area contributed by atoms with Crippen LogP contribution < -0.4 is 5.32 Å². The fraction of sp³-hybridized carbons (Fsp3) is 0.923. The van der Waals surface area contributed by atoms with E-state index < -0.39 is 0 Å². The lowest BCUT2D eigenvalue weighted by Gasteiger charge is -2.34. The summed E-state index contributed by atoms with van der Waals surface area (Å²) in [5, 5.41) is 15.4. The van der Waals surface area contributed by atoms with Gasteiger partial charge in [-0.1, -0.05) is 6.92 Å². The van der Waals surface area contributed by atoms with Gasteiger partial charge < -0.3 is 5.32 Å². The Morgan fingerprint density at radius 1 is 1.32 bits per heavy atom. The van der Waals surface area contributed by atoms with Crippen LogP contribution in [0.2, 0.25) is 0 Å². The summed E-state index contributed by atoms with van der Waals surface area (Å²) in [5.41, 5.74) is 0. The summed E-state index contributed by atoms with van der Waals surface area (Å²) in [5.74, 6) is 0.986.